The summed E-state index contributed by atoms with van der Waals surface area (Å²) in [6.07, 6.45) is 3.34. The summed E-state index contributed by atoms with van der Waals surface area (Å²) in [4.78, 5) is 16.6. The third-order valence-electron chi connectivity index (χ3n) is 3.72. The Bertz CT molecular complexity index is 723. The van der Waals surface area contributed by atoms with Crippen LogP contribution in [0, 0.1) is 5.92 Å². The van der Waals surface area contributed by atoms with Crippen molar-refractivity contribution in [2.24, 2.45) is 5.92 Å². The Morgan fingerprint density at radius 2 is 2.14 bits per heavy atom. The monoisotopic (exact) mass is 362 g/mol. The lowest BCUT2D eigenvalue weighted by atomic mass is 9.88. The number of methoxy groups -OCH3 is 1. The van der Waals surface area contributed by atoms with Gasteiger partial charge in [-0.05, 0) is 24.6 Å². The van der Waals surface area contributed by atoms with E-state index in [1.165, 1.54) is 13.4 Å². The van der Waals surface area contributed by atoms with Gasteiger partial charge in [-0.3, -0.25) is 4.79 Å². The number of nitrogens with zero attached hydrogens (tertiary/aromatic N) is 3. The molecule has 1 N–H and O–H groups in total. The SMILES string of the molecule is C/C=C1\Nc2ncnn2[C@@H](c2ccc(Br)cc2)[C@H]1C(=O)OC. The van der Waals surface area contributed by atoms with Gasteiger partial charge in [-0.2, -0.15) is 10.1 Å². The highest BCUT2D eigenvalue weighted by Crippen LogP contribution is 2.38. The van der Waals surface area contributed by atoms with E-state index in [-0.39, 0.29) is 12.0 Å². The molecule has 114 valence electrons. The molecule has 22 heavy (non-hydrogen) atoms. The van der Waals surface area contributed by atoms with Gasteiger partial charge in [0.15, 0.2) is 0 Å². The van der Waals surface area contributed by atoms with Gasteiger partial charge >= 0.3 is 5.97 Å². The van der Waals surface area contributed by atoms with Crippen LogP contribution in [0.4, 0.5) is 5.95 Å². The van der Waals surface area contributed by atoms with Gasteiger partial charge in [0.1, 0.15) is 12.2 Å². The van der Waals surface area contributed by atoms with Crippen molar-refractivity contribution in [3.05, 3.63) is 52.4 Å². The first-order valence-electron chi connectivity index (χ1n) is 6.81. The van der Waals surface area contributed by atoms with Crippen LogP contribution in [0.1, 0.15) is 18.5 Å². The summed E-state index contributed by atoms with van der Waals surface area (Å²) in [5.41, 5.74) is 1.73. The molecule has 2 aromatic rings. The average Bonchev–Trinajstić information content (AvgIpc) is 3.01. The smallest absolute Gasteiger partial charge is 0.317 e. The number of hydrogen-bond acceptors (Lipinski definition) is 5. The van der Waals surface area contributed by atoms with Crippen molar-refractivity contribution in [3.63, 3.8) is 0 Å². The number of ether oxygens (including phenoxy) is 1. The van der Waals surface area contributed by atoms with Crippen LogP contribution in [0.5, 0.6) is 0 Å². The van der Waals surface area contributed by atoms with Crippen LogP contribution in [0.2, 0.25) is 0 Å². The Kier molecular flexibility index (Phi) is 3.98. The molecule has 7 heteroatoms. The first kappa shape index (κ1) is 14.8. The molecule has 3 rings (SSSR count). The molecule has 1 aliphatic rings. The second-order valence-corrected chi connectivity index (χ2v) is 5.81. The zero-order valence-corrected chi connectivity index (χ0v) is 13.7. The van der Waals surface area contributed by atoms with E-state index in [0.717, 1.165) is 15.7 Å². The Balaban J connectivity index is 2.16. The highest BCUT2D eigenvalue weighted by Gasteiger charge is 2.40. The number of halogens is 1. The molecule has 0 spiro atoms. The number of fused-ring (bicyclic) bond motifs is 1. The summed E-state index contributed by atoms with van der Waals surface area (Å²) in [5, 5.41) is 7.41. The van der Waals surface area contributed by atoms with Crippen LogP contribution in [-0.2, 0) is 9.53 Å². The highest BCUT2D eigenvalue weighted by atomic mass is 79.9. The van der Waals surface area contributed by atoms with E-state index in [1.54, 1.807) is 4.68 Å². The number of esters is 1. The van der Waals surface area contributed by atoms with Gasteiger partial charge in [0, 0.05) is 10.2 Å². The van der Waals surface area contributed by atoms with E-state index in [1.807, 2.05) is 37.3 Å². The molecule has 0 saturated heterocycles. The number of hydrogen-bond donors (Lipinski definition) is 1. The van der Waals surface area contributed by atoms with Crippen molar-refractivity contribution in [2.45, 2.75) is 13.0 Å². The topological polar surface area (TPSA) is 69.0 Å². The summed E-state index contributed by atoms with van der Waals surface area (Å²) in [6, 6.07) is 7.52. The van der Waals surface area contributed by atoms with Gasteiger partial charge < -0.3 is 10.1 Å². The number of carbonyl (C=O) groups is 1. The maximum atomic E-state index is 12.3. The molecule has 1 aromatic carbocycles. The molecule has 0 bridgehead atoms. The predicted octanol–water partition coefficient (Wildman–Crippen LogP) is 2.75. The van der Waals surface area contributed by atoms with Crippen LogP contribution in [0.3, 0.4) is 0 Å². The molecular formula is C15H15BrN4O2. The second kappa shape index (κ2) is 5.92. The van der Waals surface area contributed by atoms with Crippen LogP contribution in [0.15, 0.2) is 46.8 Å². The molecule has 0 saturated carbocycles. The molecule has 2 heterocycles. The number of rotatable bonds is 2. The van der Waals surface area contributed by atoms with Gasteiger partial charge in [0.05, 0.1) is 13.2 Å². The second-order valence-electron chi connectivity index (χ2n) is 4.89. The molecule has 2 atom stereocenters. The lowest BCUT2D eigenvalue weighted by molar-refractivity contribution is -0.145. The summed E-state index contributed by atoms with van der Waals surface area (Å²) in [7, 11) is 1.39. The standard InChI is InChI=1S/C15H15BrN4O2/c1-3-11-12(14(21)22-2)13(9-4-6-10(16)7-5-9)20-15(19-11)17-8-18-20/h3-8,12-13H,1-2H3,(H,17,18,19)/b11-3-/t12-,13-/m0/s1. The van der Waals surface area contributed by atoms with E-state index in [0.29, 0.717) is 5.95 Å². The molecule has 1 aliphatic heterocycles. The van der Waals surface area contributed by atoms with Crippen molar-refractivity contribution in [1.29, 1.82) is 0 Å². The van der Waals surface area contributed by atoms with Gasteiger partial charge in [0.2, 0.25) is 5.95 Å². The summed E-state index contributed by atoms with van der Waals surface area (Å²) < 4.78 is 7.70. The lowest BCUT2D eigenvalue weighted by Crippen LogP contribution is -2.37. The lowest BCUT2D eigenvalue weighted by Gasteiger charge is -2.33. The molecular weight excluding hydrogens is 348 g/mol. The number of allylic oxidation sites excluding steroid dienone is 1. The fourth-order valence-corrected chi connectivity index (χ4v) is 2.95. The van der Waals surface area contributed by atoms with Gasteiger partial charge in [-0.15, -0.1) is 0 Å². The number of benzene rings is 1. The predicted molar refractivity (Wildman–Crippen MR) is 85.2 cm³/mol. The Labute approximate surface area is 136 Å². The Morgan fingerprint density at radius 3 is 2.77 bits per heavy atom. The number of aromatic nitrogens is 3. The van der Waals surface area contributed by atoms with E-state index in [9.17, 15) is 4.79 Å². The largest absolute Gasteiger partial charge is 0.468 e. The van der Waals surface area contributed by atoms with E-state index in [2.05, 4.69) is 31.3 Å². The van der Waals surface area contributed by atoms with Gasteiger partial charge in [-0.25, -0.2) is 4.68 Å². The van der Waals surface area contributed by atoms with Crippen LogP contribution in [0.25, 0.3) is 0 Å². The van der Waals surface area contributed by atoms with Gasteiger partial charge in [-0.1, -0.05) is 34.1 Å². The van der Waals surface area contributed by atoms with Crippen molar-refractivity contribution in [2.75, 3.05) is 12.4 Å². The molecule has 0 amide bonds. The number of anilines is 1. The van der Waals surface area contributed by atoms with E-state index >= 15 is 0 Å². The number of nitrogens with one attached hydrogen (secondary N) is 1. The van der Waals surface area contributed by atoms with Crippen molar-refractivity contribution in [1.82, 2.24) is 14.8 Å². The summed E-state index contributed by atoms with van der Waals surface area (Å²) >= 11 is 3.43. The molecule has 0 fully saturated rings. The van der Waals surface area contributed by atoms with Crippen LogP contribution in [-0.4, -0.2) is 27.8 Å². The van der Waals surface area contributed by atoms with E-state index < -0.39 is 5.92 Å². The maximum Gasteiger partial charge on any atom is 0.317 e. The normalized spacial score (nSPS) is 22.0. The zero-order valence-electron chi connectivity index (χ0n) is 12.2. The minimum atomic E-state index is -0.495. The quantitative estimate of drug-likeness (QED) is 0.831. The fraction of sp³-hybridized carbons (Fsp3) is 0.267. The first-order valence-corrected chi connectivity index (χ1v) is 7.61. The minimum Gasteiger partial charge on any atom is -0.468 e. The summed E-state index contributed by atoms with van der Waals surface area (Å²) in [6.45, 7) is 1.88. The van der Waals surface area contributed by atoms with E-state index in [4.69, 9.17) is 4.74 Å². The molecule has 0 aliphatic carbocycles. The summed E-state index contributed by atoms with van der Waals surface area (Å²) in [5.74, 6) is -0.193. The third kappa shape index (κ3) is 2.41. The maximum absolute atomic E-state index is 12.3. The number of carbonyl (C=O) groups excluding carboxylic acids is 1. The zero-order chi connectivity index (χ0) is 15.7. The first-order chi connectivity index (χ1) is 10.7. The molecule has 0 radical (unpaired) electrons. The highest BCUT2D eigenvalue weighted by molar-refractivity contribution is 9.10. The van der Waals surface area contributed by atoms with Gasteiger partial charge in [0.25, 0.3) is 0 Å². The molecule has 0 unspecified atom stereocenters. The Hall–Kier alpha value is -2.15. The van der Waals surface area contributed by atoms with Crippen molar-refractivity contribution < 1.29 is 9.53 Å². The van der Waals surface area contributed by atoms with Crippen molar-refractivity contribution >= 4 is 27.8 Å². The third-order valence-corrected chi connectivity index (χ3v) is 4.25. The fourth-order valence-electron chi connectivity index (χ4n) is 2.69. The van der Waals surface area contributed by atoms with Crippen LogP contribution < -0.4 is 5.32 Å². The van der Waals surface area contributed by atoms with Crippen LogP contribution >= 0.6 is 15.9 Å². The average molecular weight is 363 g/mol. The minimum absolute atomic E-state index is 0.300. The molecule has 1 aromatic heterocycles. The molecule has 6 nitrogen and oxygen atoms in total. The Morgan fingerprint density at radius 1 is 1.41 bits per heavy atom. The van der Waals surface area contributed by atoms with Crippen molar-refractivity contribution in [3.8, 4) is 0 Å².